The summed E-state index contributed by atoms with van der Waals surface area (Å²) in [4.78, 5) is 24.6. The molecule has 5 heteroatoms. The molecule has 5 nitrogen and oxygen atoms in total. The fourth-order valence-corrected chi connectivity index (χ4v) is 4.49. The third-order valence-electron chi connectivity index (χ3n) is 5.12. The smallest absolute Gasteiger partial charge is 0.315 e. The molecule has 3 fully saturated rings. The van der Waals surface area contributed by atoms with Gasteiger partial charge in [-0.15, -0.1) is 0 Å². The van der Waals surface area contributed by atoms with Crippen LogP contribution in [0.25, 0.3) is 0 Å². The van der Waals surface area contributed by atoms with Crippen molar-refractivity contribution in [3.63, 3.8) is 0 Å². The first kappa shape index (κ1) is 14.8. The Hall–Kier alpha value is -1.10. The molecule has 3 rings (SSSR count). The van der Waals surface area contributed by atoms with Crippen molar-refractivity contribution in [2.45, 2.75) is 52.4 Å². The molecule has 0 aromatic rings. The van der Waals surface area contributed by atoms with E-state index in [0.29, 0.717) is 6.61 Å². The highest BCUT2D eigenvalue weighted by molar-refractivity contribution is 5.83. The van der Waals surface area contributed by atoms with Crippen LogP contribution in [0.1, 0.15) is 34.6 Å². The van der Waals surface area contributed by atoms with Crippen LogP contribution in [0.4, 0.5) is 0 Å². The van der Waals surface area contributed by atoms with Crippen molar-refractivity contribution in [3.05, 3.63) is 0 Å². The highest BCUT2D eigenvalue weighted by atomic mass is 16.6. The summed E-state index contributed by atoms with van der Waals surface area (Å²) in [5.41, 5.74) is -0.658. The normalized spacial score (nSPS) is 43.8. The molecule has 3 heterocycles. The number of carbonyl (C=O) groups is 2. The lowest BCUT2D eigenvalue weighted by Crippen LogP contribution is -2.51. The van der Waals surface area contributed by atoms with Crippen molar-refractivity contribution in [2.24, 2.45) is 29.6 Å². The number of hydrogen-bond donors (Lipinski definition) is 0. The highest BCUT2D eigenvalue weighted by Crippen LogP contribution is 2.61. The molecule has 0 N–H and O–H groups in total. The molecule has 6 unspecified atom stereocenters. The summed E-state index contributed by atoms with van der Waals surface area (Å²) in [7, 11) is 0. The summed E-state index contributed by atoms with van der Waals surface area (Å²) in [6.07, 6.45) is -0.756. The predicted molar refractivity (Wildman–Crippen MR) is 74.3 cm³/mol. The lowest BCUT2D eigenvalue weighted by atomic mass is 9.63. The Bertz CT molecular complexity index is 471. The van der Waals surface area contributed by atoms with Gasteiger partial charge in [0.25, 0.3) is 0 Å². The molecule has 2 bridgehead atoms. The van der Waals surface area contributed by atoms with Crippen LogP contribution in [0, 0.1) is 29.6 Å². The van der Waals surface area contributed by atoms with Crippen molar-refractivity contribution in [1.29, 1.82) is 0 Å². The van der Waals surface area contributed by atoms with Crippen LogP contribution >= 0.6 is 0 Å². The monoisotopic (exact) mass is 296 g/mol. The molecule has 0 aromatic heterocycles. The molecule has 0 aliphatic carbocycles. The first-order valence-electron chi connectivity index (χ1n) is 7.82. The molecule has 0 aromatic carbocycles. The second-order valence-electron chi connectivity index (χ2n) is 7.46. The van der Waals surface area contributed by atoms with Gasteiger partial charge in [0.05, 0.1) is 18.1 Å². The Labute approximate surface area is 125 Å². The van der Waals surface area contributed by atoms with Gasteiger partial charge in [0.2, 0.25) is 0 Å². The van der Waals surface area contributed by atoms with E-state index in [2.05, 4.69) is 13.8 Å². The predicted octanol–water partition coefficient (Wildman–Crippen LogP) is 1.79. The van der Waals surface area contributed by atoms with Crippen LogP contribution < -0.4 is 0 Å². The minimum Gasteiger partial charge on any atom is -0.465 e. The summed E-state index contributed by atoms with van der Waals surface area (Å²) in [5, 5.41) is 0. The maximum atomic E-state index is 12.5. The number of carbonyl (C=O) groups excluding carboxylic acids is 2. The van der Waals surface area contributed by atoms with Gasteiger partial charge in [-0.1, -0.05) is 27.7 Å². The molecule has 0 saturated carbocycles. The van der Waals surface area contributed by atoms with E-state index in [1.54, 1.807) is 0 Å². The van der Waals surface area contributed by atoms with E-state index in [1.807, 2.05) is 20.8 Å². The molecule has 118 valence electrons. The topological polar surface area (TPSA) is 61.8 Å². The summed E-state index contributed by atoms with van der Waals surface area (Å²) in [6, 6.07) is 0. The summed E-state index contributed by atoms with van der Waals surface area (Å²) >= 11 is 0. The second kappa shape index (κ2) is 4.70. The van der Waals surface area contributed by atoms with E-state index in [0.717, 1.165) is 0 Å². The Balaban J connectivity index is 1.89. The lowest BCUT2D eigenvalue weighted by molar-refractivity contribution is -0.160. The fraction of sp³-hybridized carbons (Fsp3) is 0.875. The zero-order chi connectivity index (χ0) is 15.5. The number of fused-ring (bicyclic) bond motifs is 1. The molecule has 3 saturated heterocycles. The van der Waals surface area contributed by atoms with E-state index >= 15 is 0 Å². The van der Waals surface area contributed by atoms with Crippen molar-refractivity contribution in [1.82, 2.24) is 0 Å². The van der Waals surface area contributed by atoms with Gasteiger partial charge in [-0.3, -0.25) is 9.59 Å². The fourth-order valence-electron chi connectivity index (χ4n) is 4.49. The molecule has 3 aliphatic rings. The average molecular weight is 296 g/mol. The number of hydrogen-bond acceptors (Lipinski definition) is 5. The van der Waals surface area contributed by atoms with Crippen LogP contribution in [-0.2, 0) is 23.8 Å². The third-order valence-corrected chi connectivity index (χ3v) is 5.12. The second-order valence-corrected chi connectivity index (χ2v) is 7.46. The molecular formula is C16H24O5. The Morgan fingerprint density at radius 3 is 2.52 bits per heavy atom. The minimum absolute atomic E-state index is 0.00495. The standard InChI is InChI=1S/C16H24O5/c1-7(2)6-19-15(18)11-13-12-9(14(17)20-13)10(8(3)4)16(11,5)21-12/h7-13H,6H2,1-5H3. The molecule has 21 heavy (non-hydrogen) atoms. The Kier molecular flexibility index (Phi) is 3.32. The molecular weight excluding hydrogens is 272 g/mol. The SMILES string of the molecule is CC(C)COC(=O)C1C2OC(=O)C3C2OC1(C)C3C(C)C. The van der Waals surface area contributed by atoms with Crippen LogP contribution in [0.3, 0.4) is 0 Å². The van der Waals surface area contributed by atoms with Crippen LogP contribution in [-0.4, -0.2) is 36.4 Å². The van der Waals surface area contributed by atoms with Crippen molar-refractivity contribution < 1.29 is 23.8 Å². The van der Waals surface area contributed by atoms with Gasteiger partial charge in [0.1, 0.15) is 18.1 Å². The first-order valence-corrected chi connectivity index (χ1v) is 7.82. The summed E-state index contributed by atoms with van der Waals surface area (Å²) in [6.45, 7) is 10.4. The van der Waals surface area contributed by atoms with Crippen molar-refractivity contribution in [2.75, 3.05) is 6.61 Å². The van der Waals surface area contributed by atoms with Crippen molar-refractivity contribution in [3.8, 4) is 0 Å². The minimum atomic E-state index is -0.658. The first-order chi connectivity index (χ1) is 9.77. The Morgan fingerprint density at radius 2 is 1.95 bits per heavy atom. The molecule has 0 amide bonds. The zero-order valence-corrected chi connectivity index (χ0v) is 13.3. The van der Waals surface area contributed by atoms with Crippen LogP contribution in [0.2, 0.25) is 0 Å². The number of esters is 2. The van der Waals surface area contributed by atoms with Crippen molar-refractivity contribution >= 4 is 11.9 Å². The van der Waals surface area contributed by atoms with Gasteiger partial charge in [-0.2, -0.15) is 0 Å². The maximum absolute atomic E-state index is 12.5. The van der Waals surface area contributed by atoms with E-state index in [9.17, 15) is 9.59 Å². The number of rotatable bonds is 4. The van der Waals surface area contributed by atoms with Crippen LogP contribution in [0.5, 0.6) is 0 Å². The molecule has 0 spiro atoms. The molecule has 6 atom stereocenters. The van der Waals surface area contributed by atoms with Gasteiger partial charge >= 0.3 is 11.9 Å². The van der Waals surface area contributed by atoms with Gasteiger partial charge in [0, 0.05) is 5.92 Å². The maximum Gasteiger partial charge on any atom is 0.315 e. The quantitative estimate of drug-likeness (QED) is 0.740. The highest BCUT2D eigenvalue weighted by Gasteiger charge is 2.76. The average Bonchev–Trinajstić information content (AvgIpc) is 2.90. The van der Waals surface area contributed by atoms with E-state index in [-0.39, 0.29) is 41.7 Å². The number of ether oxygens (including phenoxy) is 3. The van der Waals surface area contributed by atoms with Gasteiger partial charge in [-0.05, 0) is 18.8 Å². The zero-order valence-electron chi connectivity index (χ0n) is 13.3. The third kappa shape index (κ3) is 1.93. The van der Waals surface area contributed by atoms with Crippen LogP contribution in [0.15, 0.2) is 0 Å². The van der Waals surface area contributed by atoms with Gasteiger partial charge in [0.15, 0.2) is 0 Å². The van der Waals surface area contributed by atoms with E-state index < -0.39 is 17.6 Å². The lowest BCUT2D eigenvalue weighted by Gasteiger charge is -2.37. The summed E-state index contributed by atoms with van der Waals surface area (Å²) in [5.74, 6) is -0.710. The van der Waals surface area contributed by atoms with Gasteiger partial charge < -0.3 is 14.2 Å². The van der Waals surface area contributed by atoms with E-state index in [4.69, 9.17) is 14.2 Å². The largest absolute Gasteiger partial charge is 0.465 e. The van der Waals surface area contributed by atoms with E-state index in [1.165, 1.54) is 0 Å². The molecule has 0 radical (unpaired) electrons. The Morgan fingerprint density at radius 1 is 1.29 bits per heavy atom. The summed E-state index contributed by atoms with van der Waals surface area (Å²) < 4.78 is 17.0. The molecule has 3 aliphatic heterocycles. The van der Waals surface area contributed by atoms with Gasteiger partial charge in [-0.25, -0.2) is 0 Å².